The molecule has 290 valence electrons. The van der Waals surface area contributed by atoms with Crippen LogP contribution >= 0.6 is 15.9 Å². The number of carbonyl (C=O) groups is 2. The number of nitrogens with zero attached hydrogens (tertiary/aromatic N) is 2. The van der Waals surface area contributed by atoms with Crippen molar-refractivity contribution in [2.45, 2.75) is 53.4 Å². The third-order valence-electron chi connectivity index (χ3n) is 11.3. The van der Waals surface area contributed by atoms with Crippen molar-refractivity contribution in [3.8, 4) is 0 Å². The minimum atomic E-state index is -0.0476. The van der Waals surface area contributed by atoms with Crippen LogP contribution in [0.3, 0.4) is 0 Å². The number of amides is 2. The van der Waals surface area contributed by atoms with E-state index in [-0.39, 0.29) is 11.8 Å². The molecule has 2 aromatic carbocycles. The zero-order valence-corrected chi connectivity index (χ0v) is 34.1. The SMILES string of the molecule is Cc1[nH]c(C=C2C(=O)Nc3ccc(Br)cc32)c(C)c1CCCN1CCOCC1.Cc1[nH]c(C=C2C(=O)Nc3ccccc32)c(C)c1CCCN1CCOCC1. The molecular weight excluding hydrogens is 756 g/mol. The first-order chi connectivity index (χ1) is 26.7. The number of H-pyrrole nitrogens is 2. The van der Waals surface area contributed by atoms with E-state index < -0.39 is 0 Å². The zero-order valence-electron chi connectivity index (χ0n) is 32.5. The van der Waals surface area contributed by atoms with E-state index in [0.29, 0.717) is 5.57 Å². The van der Waals surface area contributed by atoms with Gasteiger partial charge in [0.15, 0.2) is 0 Å². The lowest BCUT2D eigenvalue weighted by Crippen LogP contribution is -2.36. The van der Waals surface area contributed by atoms with E-state index in [9.17, 15) is 9.59 Å². The maximum Gasteiger partial charge on any atom is 0.256 e. The molecule has 0 unspecified atom stereocenters. The number of para-hydroxylation sites is 1. The summed E-state index contributed by atoms with van der Waals surface area (Å²) in [7, 11) is 0. The van der Waals surface area contributed by atoms with Gasteiger partial charge in [-0.2, -0.15) is 0 Å². The number of hydrogen-bond donors (Lipinski definition) is 4. The number of anilines is 2. The highest BCUT2D eigenvalue weighted by Crippen LogP contribution is 2.36. The van der Waals surface area contributed by atoms with Crippen LogP contribution in [0, 0.1) is 27.7 Å². The molecule has 0 aliphatic carbocycles. The molecule has 4 aliphatic rings. The molecule has 55 heavy (non-hydrogen) atoms. The van der Waals surface area contributed by atoms with Gasteiger partial charge in [-0.25, -0.2) is 0 Å². The summed E-state index contributed by atoms with van der Waals surface area (Å²) in [5.41, 5.74) is 14.8. The molecule has 2 fully saturated rings. The van der Waals surface area contributed by atoms with E-state index in [1.807, 2.05) is 54.6 Å². The summed E-state index contributed by atoms with van der Waals surface area (Å²) in [6.07, 6.45) is 8.35. The fraction of sp³-hybridized carbons (Fsp3) is 0.409. The molecule has 2 saturated heterocycles. The Morgan fingerprint density at radius 2 is 1.13 bits per heavy atom. The first-order valence-corrected chi connectivity index (χ1v) is 20.4. The van der Waals surface area contributed by atoms with Crippen LogP contribution in [0.4, 0.5) is 11.4 Å². The summed E-state index contributed by atoms with van der Waals surface area (Å²) in [6.45, 7) is 18.3. The predicted molar refractivity (Wildman–Crippen MR) is 225 cm³/mol. The number of ether oxygens (including phenoxy) is 2. The highest BCUT2D eigenvalue weighted by Gasteiger charge is 2.26. The third kappa shape index (κ3) is 9.08. The van der Waals surface area contributed by atoms with Crippen LogP contribution in [0.1, 0.15) is 69.0 Å². The van der Waals surface area contributed by atoms with Gasteiger partial charge in [-0.3, -0.25) is 19.4 Å². The topological polar surface area (TPSA) is 115 Å². The van der Waals surface area contributed by atoms with Gasteiger partial charge < -0.3 is 30.1 Å². The molecule has 2 aromatic heterocycles. The summed E-state index contributed by atoms with van der Waals surface area (Å²) in [4.78, 5) is 36.8. The minimum absolute atomic E-state index is 0.0308. The molecule has 0 saturated carbocycles. The van der Waals surface area contributed by atoms with Crippen LogP contribution in [0.2, 0.25) is 0 Å². The molecule has 0 radical (unpaired) electrons. The molecular formula is C44H53BrN6O4. The van der Waals surface area contributed by atoms with Gasteiger partial charge in [-0.1, -0.05) is 34.1 Å². The van der Waals surface area contributed by atoms with Crippen LogP contribution < -0.4 is 10.6 Å². The Morgan fingerprint density at radius 3 is 1.65 bits per heavy atom. The molecule has 4 N–H and O–H groups in total. The van der Waals surface area contributed by atoms with E-state index >= 15 is 0 Å². The molecule has 8 rings (SSSR count). The smallest absolute Gasteiger partial charge is 0.256 e. The quantitative estimate of drug-likeness (QED) is 0.123. The number of hydrogen-bond acceptors (Lipinski definition) is 6. The van der Waals surface area contributed by atoms with Gasteiger partial charge in [0.25, 0.3) is 11.8 Å². The van der Waals surface area contributed by atoms with Crippen molar-refractivity contribution in [1.29, 1.82) is 0 Å². The Hall–Kier alpha value is -4.26. The summed E-state index contributed by atoms with van der Waals surface area (Å²) >= 11 is 3.50. The fourth-order valence-electron chi connectivity index (χ4n) is 8.15. The average molecular weight is 810 g/mol. The second kappa shape index (κ2) is 17.7. The molecule has 0 spiro atoms. The van der Waals surface area contributed by atoms with Gasteiger partial charge in [0.05, 0.1) is 37.6 Å². The number of aromatic nitrogens is 2. The van der Waals surface area contributed by atoms with Crippen LogP contribution in [-0.4, -0.2) is 97.3 Å². The van der Waals surface area contributed by atoms with Crippen LogP contribution in [0.15, 0.2) is 46.9 Å². The highest BCUT2D eigenvalue weighted by molar-refractivity contribution is 9.10. The monoisotopic (exact) mass is 808 g/mol. The molecule has 0 bridgehead atoms. The van der Waals surface area contributed by atoms with Gasteiger partial charge >= 0.3 is 0 Å². The second-order valence-corrected chi connectivity index (χ2v) is 15.8. The standard InChI is InChI=1S/C22H26BrN3O2.C22H27N3O2/c1-14-17(4-3-7-26-8-10-28-11-9-26)15(2)24-21(14)13-19-18-12-16(23)5-6-20(18)25-22(19)27;1-15-17(7-5-9-25-10-12-27-13-11-25)16(2)23-21(15)14-19-18-6-3-4-8-20(18)24-22(19)26/h5-6,12-13,24H,3-4,7-11H2,1-2H3,(H,25,27);3-4,6,8,14,23H,5,7,9-13H2,1-2H3,(H,24,26). The number of halogens is 1. The number of carbonyl (C=O) groups excluding carboxylic acids is 2. The first-order valence-electron chi connectivity index (χ1n) is 19.6. The van der Waals surface area contributed by atoms with Crippen LogP contribution in [0.25, 0.3) is 23.3 Å². The number of benzene rings is 2. The van der Waals surface area contributed by atoms with Gasteiger partial charge in [0.2, 0.25) is 0 Å². The Bertz CT molecular complexity index is 2100. The van der Waals surface area contributed by atoms with Crippen molar-refractivity contribution in [2.75, 3.05) is 76.3 Å². The number of aryl methyl sites for hydroxylation is 2. The van der Waals surface area contributed by atoms with E-state index in [1.54, 1.807) is 0 Å². The van der Waals surface area contributed by atoms with E-state index in [2.05, 4.69) is 74.0 Å². The Morgan fingerprint density at radius 1 is 0.655 bits per heavy atom. The van der Waals surface area contributed by atoms with Crippen molar-refractivity contribution < 1.29 is 19.1 Å². The van der Waals surface area contributed by atoms with Crippen LogP contribution in [-0.2, 0) is 31.9 Å². The van der Waals surface area contributed by atoms with Gasteiger partial charge in [0.1, 0.15) is 0 Å². The zero-order chi connectivity index (χ0) is 38.5. The number of morpholine rings is 2. The minimum Gasteiger partial charge on any atom is -0.379 e. The van der Waals surface area contributed by atoms with Crippen molar-refractivity contribution in [3.05, 3.63) is 103 Å². The Labute approximate surface area is 332 Å². The third-order valence-corrected chi connectivity index (χ3v) is 11.8. The second-order valence-electron chi connectivity index (χ2n) is 14.9. The molecule has 10 nitrogen and oxygen atoms in total. The van der Waals surface area contributed by atoms with Crippen molar-refractivity contribution in [2.24, 2.45) is 0 Å². The molecule has 2 amide bonds. The Kier molecular flexibility index (Phi) is 12.5. The average Bonchev–Trinajstić information content (AvgIpc) is 3.85. The number of aromatic amines is 2. The lowest BCUT2D eigenvalue weighted by molar-refractivity contribution is -0.111. The molecule has 4 aliphatic heterocycles. The number of nitrogens with one attached hydrogen (secondary N) is 4. The van der Waals surface area contributed by atoms with Crippen molar-refractivity contribution in [3.63, 3.8) is 0 Å². The van der Waals surface area contributed by atoms with Crippen molar-refractivity contribution >= 4 is 62.4 Å². The van der Waals surface area contributed by atoms with Crippen molar-refractivity contribution in [1.82, 2.24) is 19.8 Å². The van der Waals surface area contributed by atoms with Gasteiger partial charge in [0, 0.05) is 75.9 Å². The lowest BCUT2D eigenvalue weighted by Gasteiger charge is -2.26. The fourth-order valence-corrected chi connectivity index (χ4v) is 8.51. The normalized spacial score (nSPS) is 18.6. The summed E-state index contributed by atoms with van der Waals surface area (Å²) < 4.78 is 11.8. The maximum absolute atomic E-state index is 12.5. The van der Waals surface area contributed by atoms with Gasteiger partial charge in [-0.15, -0.1) is 0 Å². The highest BCUT2D eigenvalue weighted by atomic mass is 79.9. The maximum atomic E-state index is 12.5. The molecule has 0 atom stereocenters. The lowest BCUT2D eigenvalue weighted by atomic mass is 10.0. The van der Waals surface area contributed by atoms with Gasteiger partial charge in [-0.05, 0) is 125 Å². The number of fused-ring (bicyclic) bond motifs is 2. The summed E-state index contributed by atoms with van der Waals surface area (Å²) in [6, 6.07) is 13.7. The molecule has 4 aromatic rings. The molecule has 11 heteroatoms. The molecule has 6 heterocycles. The summed E-state index contributed by atoms with van der Waals surface area (Å²) in [5, 5.41) is 5.89. The largest absolute Gasteiger partial charge is 0.379 e. The Balaban J connectivity index is 0.000000169. The van der Waals surface area contributed by atoms with Crippen LogP contribution in [0.5, 0.6) is 0 Å². The summed E-state index contributed by atoms with van der Waals surface area (Å²) in [5.74, 6) is -0.0784. The number of rotatable bonds is 10. The van der Waals surface area contributed by atoms with E-state index in [1.165, 1.54) is 33.6 Å². The van der Waals surface area contributed by atoms with E-state index in [0.717, 1.165) is 135 Å². The first kappa shape index (κ1) is 39.0. The van der Waals surface area contributed by atoms with E-state index in [4.69, 9.17) is 9.47 Å². The predicted octanol–water partition coefficient (Wildman–Crippen LogP) is 7.54.